The minimum atomic E-state index is 0.552. The topological polar surface area (TPSA) is 61.3 Å². The molecule has 18 heavy (non-hydrogen) atoms. The van der Waals surface area contributed by atoms with Gasteiger partial charge in [-0.05, 0) is 43.7 Å². The Kier molecular flexibility index (Phi) is 3.67. The number of hydrogen-bond donors (Lipinski definition) is 1. The molecule has 2 aromatic rings. The van der Waals surface area contributed by atoms with E-state index in [4.69, 9.17) is 14.9 Å². The van der Waals surface area contributed by atoms with Crippen LogP contribution in [0.2, 0.25) is 0 Å². The van der Waals surface area contributed by atoms with Gasteiger partial charge in [0.15, 0.2) is 6.39 Å². The van der Waals surface area contributed by atoms with Crippen LogP contribution in [0.25, 0.3) is 11.3 Å². The molecular weight excluding hydrogens is 228 g/mol. The van der Waals surface area contributed by atoms with Crippen LogP contribution in [0.4, 0.5) is 0 Å². The molecule has 0 saturated carbocycles. The SMILES string of the molecule is COc1cc(C)c(-c2ncoc2CCN)cc1C. The number of oxazole rings is 1. The second-order valence-electron chi connectivity index (χ2n) is 4.30. The van der Waals surface area contributed by atoms with Gasteiger partial charge in [-0.25, -0.2) is 4.98 Å². The number of benzene rings is 1. The first-order valence-electron chi connectivity index (χ1n) is 5.95. The van der Waals surface area contributed by atoms with Gasteiger partial charge in [0, 0.05) is 12.0 Å². The minimum Gasteiger partial charge on any atom is -0.496 e. The molecule has 2 N–H and O–H groups in total. The van der Waals surface area contributed by atoms with Crippen molar-refractivity contribution in [2.24, 2.45) is 5.73 Å². The molecule has 0 fully saturated rings. The quantitative estimate of drug-likeness (QED) is 0.900. The highest BCUT2D eigenvalue weighted by molar-refractivity contribution is 5.67. The van der Waals surface area contributed by atoms with Gasteiger partial charge in [0.25, 0.3) is 0 Å². The van der Waals surface area contributed by atoms with E-state index >= 15 is 0 Å². The molecule has 0 aliphatic heterocycles. The largest absolute Gasteiger partial charge is 0.496 e. The molecule has 0 amide bonds. The molecular formula is C14H18N2O2. The summed E-state index contributed by atoms with van der Waals surface area (Å²) in [6, 6.07) is 4.09. The lowest BCUT2D eigenvalue weighted by molar-refractivity contribution is 0.411. The van der Waals surface area contributed by atoms with E-state index in [0.717, 1.165) is 33.9 Å². The van der Waals surface area contributed by atoms with Gasteiger partial charge in [0.2, 0.25) is 0 Å². The van der Waals surface area contributed by atoms with Gasteiger partial charge in [-0.2, -0.15) is 0 Å². The van der Waals surface area contributed by atoms with Crippen molar-refractivity contribution < 1.29 is 9.15 Å². The zero-order valence-corrected chi connectivity index (χ0v) is 11.0. The van der Waals surface area contributed by atoms with Crippen molar-refractivity contribution in [2.45, 2.75) is 20.3 Å². The molecule has 0 aliphatic rings. The smallest absolute Gasteiger partial charge is 0.181 e. The summed E-state index contributed by atoms with van der Waals surface area (Å²) in [5.74, 6) is 1.73. The second-order valence-corrected chi connectivity index (χ2v) is 4.30. The molecule has 4 heteroatoms. The van der Waals surface area contributed by atoms with Gasteiger partial charge in [-0.1, -0.05) is 0 Å². The first-order chi connectivity index (χ1) is 8.67. The van der Waals surface area contributed by atoms with Gasteiger partial charge in [0.05, 0.1) is 7.11 Å². The number of methoxy groups -OCH3 is 1. The Morgan fingerprint density at radius 3 is 2.72 bits per heavy atom. The van der Waals surface area contributed by atoms with E-state index in [-0.39, 0.29) is 0 Å². The average Bonchev–Trinajstić information content (AvgIpc) is 2.80. The number of aromatic nitrogens is 1. The zero-order chi connectivity index (χ0) is 13.1. The van der Waals surface area contributed by atoms with Crippen LogP contribution in [0.1, 0.15) is 16.9 Å². The number of rotatable bonds is 4. The zero-order valence-electron chi connectivity index (χ0n) is 11.0. The second kappa shape index (κ2) is 5.23. The van der Waals surface area contributed by atoms with Crippen molar-refractivity contribution in [3.63, 3.8) is 0 Å². The van der Waals surface area contributed by atoms with Gasteiger partial charge >= 0.3 is 0 Å². The number of nitrogens with zero attached hydrogens (tertiary/aromatic N) is 1. The highest BCUT2D eigenvalue weighted by atomic mass is 16.5. The van der Waals surface area contributed by atoms with Crippen molar-refractivity contribution >= 4 is 0 Å². The molecule has 1 aromatic heterocycles. The van der Waals surface area contributed by atoms with Crippen LogP contribution in [0.3, 0.4) is 0 Å². The van der Waals surface area contributed by atoms with Crippen LogP contribution in [0, 0.1) is 13.8 Å². The van der Waals surface area contributed by atoms with Gasteiger partial charge in [-0.15, -0.1) is 0 Å². The number of ether oxygens (including phenoxy) is 1. The molecule has 2 rings (SSSR count). The standard InChI is InChI=1S/C14H18N2O2/c1-9-7-13(17-3)10(2)6-11(9)14-12(4-5-15)18-8-16-14/h6-8H,4-5,15H2,1-3H3. The van der Waals surface area contributed by atoms with Crippen molar-refractivity contribution in [1.29, 1.82) is 0 Å². The summed E-state index contributed by atoms with van der Waals surface area (Å²) in [6.07, 6.45) is 2.17. The van der Waals surface area contributed by atoms with Crippen molar-refractivity contribution in [1.82, 2.24) is 4.98 Å². The van der Waals surface area contributed by atoms with Crippen molar-refractivity contribution in [3.05, 3.63) is 35.4 Å². The fourth-order valence-electron chi connectivity index (χ4n) is 2.06. The Morgan fingerprint density at radius 1 is 1.28 bits per heavy atom. The Balaban J connectivity index is 2.50. The van der Waals surface area contributed by atoms with E-state index < -0.39 is 0 Å². The number of hydrogen-bond acceptors (Lipinski definition) is 4. The fraction of sp³-hybridized carbons (Fsp3) is 0.357. The summed E-state index contributed by atoms with van der Waals surface area (Å²) < 4.78 is 10.7. The maximum atomic E-state index is 5.57. The molecule has 0 radical (unpaired) electrons. The van der Waals surface area contributed by atoms with Crippen LogP contribution >= 0.6 is 0 Å². The Bertz CT molecular complexity index is 547. The van der Waals surface area contributed by atoms with E-state index in [1.807, 2.05) is 19.9 Å². The third-order valence-corrected chi connectivity index (χ3v) is 3.01. The molecule has 96 valence electrons. The summed E-state index contributed by atoms with van der Waals surface area (Å²) in [6.45, 7) is 4.61. The first-order valence-corrected chi connectivity index (χ1v) is 5.95. The Labute approximate surface area is 107 Å². The summed E-state index contributed by atoms with van der Waals surface area (Å²) >= 11 is 0. The third kappa shape index (κ3) is 2.24. The monoisotopic (exact) mass is 246 g/mol. The van der Waals surface area contributed by atoms with E-state index in [1.165, 1.54) is 6.39 Å². The number of nitrogens with two attached hydrogens (primary N) is 1. The lowest BCUT2D eigenvalue weighted by atomic mass is 10.0. The highest BCUT2D eigenvalue weighted by Gasteiger charge is 2.14. The maximum Gasteiger partial charge on any atom is 0.181 e. The van der Waals surface area contributed by atoms with Crippen molar-refractivity contribution in [3.8, 4) is 17.0 Å². The van der Waals surface area contributed by atoms with Crippen LogP contribution < -0.4 is 10.5 Å². The molecule has 0 spiro atoms. The molecule has 0 bridgehead atoms. The molecule has 0 saturated heterocycles. The molecule has 0 aliphatic carbocycles. The van der Waals surface area contributed by atoms with Gasteiger partial charge < -0.3 is 14.9 Å². The van der Waals surface area contributed by atoms with E-state index in [0.29, 0.717) is 13.0 Å². The number of aryl methyl sites for hydroxylation is 2. The van der Waals surface area contributed by atoms with Gasteiger partial charge in [-0.3, -0.25) is 0 Å². The predicted molar refractivity (Wildman–Crippen MR) is 70.7 cm³/mol. The normalized spacial score (nSPS) is 10.7. The Hall–Kier alpha value is -1.81. The lowest BCUT2D eigenvalue weighted by Crippen LogP contribution is -2.03. The molecule has 0 unspecified atom stereocenters. The molecule has 1 aromatic carbocycles. The fourth-order valence-corrected chi connectivity index (χ4v) is 2.06. The maximum absolute atomic E-state index is 5.57. The highest BCUT2D eigenvalue weighted by Crippen LogP contribution is 2.31. The van der Waals surface area contributed by atoms with Crippen molar-refractivity contribution in [2.75, 3.05) is 13.7 Å². The average molecular weight is 246 g/mol. The summed E-state index contributed by atoms with van der Waals surface area (Å²) in [5, 5.41) is 0. The van der Waals surface area contributed by atoms with E-state index in [1.54, 1.807) is 7.11 Å². The molecule has 4 nitrogen and oxygen atoms in total. The summed E-state index contributed by atoms with van der Waals surface area (Å²) in [4.78, 5) is 4.30. The van der Waals surface area contributed by atoms with Crippen LogP contribution in [-0.2, 0) is 6.42 Å². The van der Waals surface area contributed by atoms with Gasteiger partial charge in [0.1, 0.15) is 17.2 Å². The Morgan fingerprint density at radius 2 is 2.06 bits per heavy atom. The van der Waals surface area contributed by atoms with Crippen LogP contribution in [0.15, 0.2) is 22.9 Å². The molecule has 1 heterocycles. The van der Waals surface area contributed by atoms with Crippen LogP contribution in [-0.4, -0.2) is 18.6 Å². The molecule has 0 atom stereocenters. The summed E-state index contributed by atoms with van der Waals surface area (Å²) in [7, 11) is 1.68. The van der Waals surface area contributed by atoms with Crippen LogP contribution in [0.5, 0.6) is 5.75 Å². The first kappa shape index (κ1) is 12.6. The predicted octanol–water partition coefficient (Wildman–Crippen LogP) is 2.47. The lowest BCUT2D eigenvalue weighted by Gasteiger charge is -2.10. The third-order valence-electron chi connectivity index (χ3n) is 3.01. The van der Waals surface area contributed by atoms with E-state index in [9.17, 15) is 0 Å². The summed E-state index contributed by atoms with van der Waals surface area (Å²) in [5.41, 5.74) is 9.72. The van der Waals surface area contributed by atoms with E-state index in [2.05, 4.69) is 11.1 Å². The minimum absolute atomic E-state index is 0.552.